The summed E-state index contributed by atoms with van der Waals surface area (Å²) in [5, 5.41) is 0. The predicted molar refractivity (Wildman–Crippen MR) is 104 cm³/mol. The molecule has 1 aromatic rings. The molecule has 0 saturated heterocycles. The van der Waals surface area contributed by atoms with Gasteiger partial charge in [0.1, 0.15) is 17.9 Å². The molecular weight excluding hydrogens is 428 g/mol. The summed E-state index contributed by atoms with van der Waals surface area (Å²) in [6.07, 6.45) is 4.82. The highest BCUT2D eigenvalue weighted by atomic mass is 79.9. The number of carbonyl (C=O) groups is 2. The van der Waals surface area contributed by atoms with Gasteiger partial charge in [-0.05, 0) is 54.1 Å². The van der Waals surface area contributed by atoms with Crippen molar-refractivity contribution < 1.29 is 19.1 Å². The molecule has 0 bridgehead atoms. The van der Waals surface area contributed by atoms with Crippen molar-refractivity contribution in [2.24, 2.45) is 5.92 Å². The monoisotopic (exact) mass is 446 g/mol. The summed E-state index contributed by atoms with van der Waals surface area (Å²) in [5.41, 5.74) is 0.533. The van der Waals surface area contributed by atoms with Crippen LogP contribution in [0, 0.1) is 5.92 Å². The van der Waals surface area contributed by atoms with Crippen molar-refractivity contribution in [2.45, 2.75) is 24.7 Å². The molecule has 0 N–H and O–H groups in total. The summed E-state index contributed by atoms with van der Waals surface area (Å²) < 4.78 is 11.7. The summed E-state index contributed by atoms with van der Waals surface area (Å²) in [4.78, 5) is 26.3. The van der Waals surface area contributed by atoms with E-state index in [-0.39, 0.29) is 23.1 Å². The maximum atomic E-state index is 13.1. The molecule has 2 rings (SSSR count). The number of benzene rings is 1. The topological polar surface area (TPSA) is 52.6 Å². The molecule has 0 heterocycles. The molecule has 0 atom stereocenters. The molecule has 0 amide bonds. The standard InChI is InChI=1S/C18H20BrClO4S/c1-3-23-10-13(15(21)11-4-5-11)16(22)12-6-7-14(19)17(18(12)25-2)24-9-8-20/h6-7,10-11H,3-5,8-9H2,1-2H3. The smallest absolute Gasteiger partial charge is 0.200 e. The molecule has 4 nitrogen and oxygen atoms in total. The van der Waals surface area contributed by atoms with E-state index in [1.54, 1.807) is 12.1 Å². The van der Waals surface area contributed by atoms with Crippen LogP contribution in [0.25, 0.3) is 0 Å². The van der Waals surface area contributed by atoms with Crippen LogP contribution in [0.5, 0.6) is 5.75 Å². The second-order valence-electron chi connectivity index (χ2n) is 5.45. The first kappa shape index (κ1) is 20.3. The lowest BCUT2D eigenvalue weighted by Crippen LogP contribution is -2.17. The van der Waals surface area contributed by atoms with Crippen molar-refractivity contribution in [1.82, 2.24) is 0 Å². The van der Waals surface area contributed by atoms with E-state index in [4.69, 9.17) is 21.1 Å². The highest BCUT2D eigenvalue weighted by molar-refractivity contribution is 9.10. The Kier molecular flexibility index (Phi) is 7.84. The van der Waals surface area contributed by atoms with Gasteiger partial charge in [-0.15, -0.1) is 23.4 Å². The lowest BCUT2D eigenvalue weighted by atomic mass is 9.98. The summed E-state index contributed by atoms with van der Waals surface area (Å²) >= 11 is 10.5. The second-order valence-corrected chi connectivity index (χ2v) is 7.50. The van der Waals surface area contributed by atoms with Crippen molar-refractivity contribution in [3.63, 3.8) is 0 Å². The van der Waals surface area contributed by atoms with Crippen LogP contribution in [0.2, 0.25) is 0 Å². The fourth-order valence-corrected chi connectivity index (χ4v) is 3.68. The van der Waals surface area contributed by atoms with Gasteiger partial charge in [0, 0.05) is 11.5 Å². The number of ether oxygens (including phenoxy) is 2. The maximum absolute atomic E-state index is 13.1. The van der Waals surface area contributed by atoms with E-state index in [0.717, 1.165) is 17.3 Å². The van der Waals surface area contributed by atoms with E-state index in [2.05, 4.69) is 15.9 Å². The fourth-order valence-electron chi connectivity index (χ4n) is 2.30. The van der Waals surface area contributed by atoms with Gasteiger partial charge in [-0.2, -0.15) is 0 Å². The average molecular weight is 448 g/mol. The quantitative estimate of drug-likeness (QED) is 0.0974. The average Bonchev–Trinajstić information content (AvgIpc) is 3.45. The Hall–Kier alpha value is -0.980. The van der Waals surface area contributed by atoms with Crippen LogP contribution in [-0.2, 0) is 9.53 Å². The Morgan fingerprint density at radius 1 is 1.40 bits per heavy atom. The molecule has 1 saturated carbocycles. The maximum Gasteiger partial charge on any atom is 0.200 e. The van der Waals surface area contributed by atoms with Crippen molar-refractivity contribution in [3.05, 3.63) is 34.0 Å². The van der Waals surface area contributed by atoms with Crippen molar-refractivity contribution >= 4 is 50.9 Å². The molecule has 0 aromatic heterocycles. The van der Waals surface area contributed by atoms with E-state index in [1.165, 1.54) is 18.0 Å². The van der Waals surface area contributed by atoms with Gasteiger partial charge in [-0.3, -0.25) is 9.59 Å². The van der Waals surface area contributed by atoms with Crippen molar-refractivity contribution in [3.8, 4) is 5.75 Å². The van der Waals surface area contributed by atoms with Gasteiger partial charge in [-0.1, -0.05) is 0 Å². The van der Waals surface area contributed by atoms with Gasteiger partial charge >= 0.3 is 0 Å². The zero-order chi connectivity index (χ0) is 18.4. The van der Waals surface area contributed by atoms with E-state index in [1.807, 2.05) is 13.2 Å². The third-order valence-corrected chi connectivity index (χ3v) is 5.25. The minimum atomic E-state index is -0.335. The lowest BCUT2D eigenvalue weighted by molar-refractivity contribution is -0.116. The number of hydrogen-bond donors (Lipinski definition) is 0. The highest BCUT2D eigenvalue weighted by Crippen LogP contribution is 2.40. The number of Topliss-reactive ketones (excluding diaryl/α,β-unsaturated/α-hetero) is 2. The Balaban J connectivity index is 2.43. The minimum absolute atomic E-state index is 0.0594. The van der Waals surface area contributed by atoms with Crippen molar-refractivity contribution in [1.29, 1.82) is 0 Å². The van der Waals surface area contributed by atoms with E-state index < -0.39 is 0 Å². The van der Waals surface area contributed by atoms with Crippen LogP contribution >= 0.6 is 39.3 Å². The first-order valence-electron chi connectivity index (χ1n) is 8.01. The number of rotatable bonds is 10. The molecule has 1 aliphatic rings. The van der Waals surface area contributed by atoms with Gasteiger partial charge in [0.15, 0.2) is 5.78 Å². The van der Waals surface area contributed by atoms with Gasteiger partial charge < -0.3 is 9.47 Å². The number of allylic oxidation sites excluding steroid dienone is 1. The summed E-state index contributed by atoms with van der Waals surface area (Å²) in [6.45, 7) is 2.54. The van der Waals surface area contributed by atoms with E-state index in [9.17, 15) is 9.59 Å². The first-order chi connectivity index (χ1) is 12.0. The Labute approximate surface area is 165 Å². The largest absolute Gasteiger partial charge is 0.501 e. The minimum Gasteiger partial charge on any atom is -0.501 e. The van der Waals surface area contributed by atoms with Crippen LogP contribution in [-0.4, -0.2) is 36.9 Å². The van der Waals surface area contributed by atoms with Crippen LogP contribution in [0.15, 0.2) is 33.3 Å². The summed E-state index contributed by atoms with van der Waals surface area (Å²) in [5.74, 6) is 0.368. The van der Waals surface area contributed by atoms with Crippen LogP contribution in [0.4, 0.5) is 0 Å². The van der Waals surface area contributed by atoms with E-state index >= 15 is 0 Å². The van der Waals surface area contributed by atoms with Gasteiger partial charge in [0.05, 0.1) is 28.1 Å². The Morgan fingerprint density at radius 2 is 2.12 bits per heavy atom. The highest BCUT2D eigenvalue weighted by Gasteiger charge is 2.36. The molecule has 1 aliphatic carbocycles. The lowest BCUT2D eigenvalue weighted by Gasteiger charge is -2.15. The predicted octanol–water partition coefficient (Wildman–Crippen LogP) is 4.87. The number of halogens is 2. The number of carbonyl (C=O) groups excluding carboxylic acids is 2. The molecule has 0 unspecified atom stereocenters. The van der Waals surface area contributed by atoms with Crippen molar-refractivity contribution in [2.75, 3.05) is 25.3 Å². The van der Waals surface area contributed by atoms with Gasteiger partial charge in [0.2, 0.25) is 5.78 Å². The zero-order valence-electron chi connectivity index (χ0n) is 14.1. The molecule has 0 radical (unpaired) electrons. The summed E-state index contributed by atoms with van der Waals surface area (Å²) in [6, 6.07) is 3.45. The SMILES string of the molecule is CCOC=C(C(=O)c1ccc(Br)c(OCCCl)c1SC)C(=O)C1CC1. The zero-order valence-corrected chi connectivity index (χ0v) is 17.3. The molecular formula is C18H20BrClO4S. The third kappa shape index (κ3) is 5.02. The number of alkyl halides is 1. The number of ketones is 2. The molecule has 7 heteroatoms. The first-order valence-corrected chi connectivity index (χ1v) is 10.6. The van der Waals surface area contributed by atoms with Crippen LogP contribution in [0.1, 0.15) is 30.1 Å². The Morgan fingerprint density at radius 3 is 2.68 bits per heavy atom. The van der Waals surface area contributed by atoms with Crippen LogP contribution < -0.4 is 4.74 Å². The molecule has 136 valence electrons. The van der Waals surface area contributed by atoms with Gasteiger partial charge in [0.25, 0.3) is 0 Å². The number of thioether (sulfide) groups is 1. The fraction of sp³-hybridized carbons (Fsp3) is 0.444. The third-order valence-electron chi connectivity index (χ3n) is 3.66. The second kappa shape index (κ2) is 9.64. The van der Waals surface area contributed by atoms with Gasteiger partial charge in [-0.25, -0.2) is 0 Å². The Bertz CT molecular complexity index is 686. The molecule has 1 aromatic carbocycles. The number of hydrogen-bond acceptors (Lipinski definition) is 5. The normalized spacial score (nSPS) is 14.3. The molecule has 25 heavy (non-hydrogen) atoms. The molecule has 1 fully saturated rings. The summed E-state index contributed by atoms with van der Waals surface area (Å²) in [7, 11) is 0. The van der Waals surface area contributed by atoms with Crippen LogP contribution in [0.3, 0.4) is 0 Å². The van der Waals surface area contributed by atoms with E-state index in [0.29, 0.717) is 35.3 Å². The molecule has 0 spiro atoms. The molecule has 0 aliphatic heterocycles.